The minimum Gasteiger partial charge on any atom is -0.486 e. The molecular weight excluding hydrogens is 303 g/mol. The van der Waals surface area contributed by atoms with E-state index in [9.17, 15) is 10.1 Å². The monoisotopic (exact) mass is 320 g/mol. The van der Waals surface area contributed by atoms with Gasteiger partial charge in [-0.2, -0.15) is 0 Å². The van der Waals surface area contributed by atoms with E-state index in [4.69, 9.17) is 27.9 Å². The molecule has 1 aromatic rings. The van der Waals surface area contributed by atoms with Crippen LogP contribution in [0.1, 0.15) is 20.3 Å². The first-order valence-corrected chi connectivity index (χ1v) is 7.18. The zero-order valence-corrected chi connectivity index (χ0v) is 13.0. The maximum atomic E-state index is 11.0. The van der Waals surface area contributed by atoms with Crippen molar-refractivity contribution in [3.63, 3.8) is 0 Å². The Morgan fingerprint density at radius 3 is 2.65 bits per heavy atom. The fourth-order valence-corrected chi connectivity index (χ4v) is 1.90. The van der Waals surface area contributed by atoms with E-state index in [1.165, 1.54) is 12.1 Å². The van der Waals surface area contributed by atoms with Gasteiger partial charge >= 0.3 is 5.69 Å². The predicted molar refractivity (Wildman–Crippen MR) is 80.9 cm³/mol. The van der Waals surface area contributed by atoms with Crippen LogP contribution in [0.3, 0.4) is 0 Å². The van der Waals surface area contributed by atoms with Crippen LogP contribution in [0.25, 0.3) is 0 Å². The van der Waals surface area contributed by atoms with Crippen LogP contribution in [0.2, 0.25) is 10.0 Å². The minimum atomic E-state index is -0.530. The van der Waals surface area contributed by atoms with Crippen molar-refractivity contribution in [3.05, 3.63) is 32.3 Å². The molecule has 1 aromatic carbocycles. The number of nitro benzene ring substituents is 1. The maximum absolute atomic E-state index is 11.0. The summed E-state index contributed by atoms with van der Waals surface area (Å²) in [5.74, 6) is 0.377. The van der Waals surface area contributed by atoms with Crippen LogP contribution in [0.4, 0.5) is 5.69 Å². The molecule has 5 nitrogen and oxygen atoms in total. The number of nitro groups is 1. The highest BCUT2D eigenvalue weighted by atomic mass is 35.5. The summed E-state index contributed by atoms with van der Waals surface area (Å²) in [6.07, 6.45) is 1.06. The van der Waals surface area contributed by atoms with Gasteiger partial charge in [0, 0.05) is 24.6 Å². The van der Waals surface area contributed by atoms with E-state index in [1.807, 2.05) is 6.92 Å². The average molecular weight is 321 g/mol. The predicted octanol–water partition coefficient (Wildman–Crippen LogP) is 3.92. The molecule has 0 spiro atoms. The Bertz CT molecular complexity index is 469. The normalized spacial score (nSPS) is 12.2. The van der Waals surface area contributed by atoms with Crippen molar-refractivity contribution in [2.24, 2.45) is 5.92 Å². The fraction of sp³-hybridized carbons (Fsp3) is 0.538. The standard InChI is InChI=1S/C13H18Cl2N2O3/c1-3-4-16-7-9(2)8-20-13-6-11(15)10(14)5-12(13)17(18)19/h5-6,9,16H,3-4,7-8H2,1-2H3. The Kier molecular flexibility index (Phi) is 7.05. The molecule has 0 bridgehead atoms. The fourth-order valence-electron chi connectivity index (χ4n) is 1.59. The van der Waals surface area contributed by atoms with E-state index in [1.54, 1.807) is 0 Å². The third-order valence-electron chi connectivity index (χ3n) is 2.64. The number of nitrogens with zero attached hydrogens (tertiary/aromatic N) is 1. The largest absolute Gasteiger partial charge is 0.486 e. The van der Waals surface area contributed by atoms with Gasteiger partial charge in [-0.25, -0.2) is 0 Å². The van der Waals surface area contributed by atoms with Crippen molar-refractivity contribution in [1.29, 1.82) is 0 Å². The summed E-state index contributed by atoms with van der Waals surface area (Å²) < 4.78 is 5.50. The van der Waals surface area contributed by atoms with Gasteiger partial charge in [0.05, 0.1) is 21.6 Å². The SMILES string of the molecule is CCCNCC(C)COc1cc(Cl)c(Cl)cc1[N+](=O)[O-]. The van der Waals surface area contributed by atoms with Crippen molar-refractivity contribution in [2.75, 3.05) is 19.7 Å². The Morgan fingerprint density at radius 2 is 2.05 bits per heavy atom. The summed E-state index contributed by atoms with van der Waals surface area (Å²) in [4.78, 5) is 10.4. The number of benzene rings is 1. The second kappa shape index (κ2) is 8.29. The van der Waals surface area contributed by atoms with Gasteiger partial charge in [-0.15, -0.1) is 0 Å². The molecule has 1 rings (SSSR count). The van der Waals surface area contributed by atoms with Gasteiger partial charge in [-0.05, 0) is 13.0 Å². The summed E-state index contributed by atoms with van der Waals surface area (Å²) >= 11 is 11.6. The first-order valence-electron chi connectivity index (χ1n) is 6.42. The van der Waals surface area contributed by atoms with Gasteiger partial charge in [0.15, 0.2) is 5.75 Å². The van der Waals surface area contributed by atoms with Crippen LogP contribution in [0.5, 0.6) is 5.75 Å². The molecule has 112 valence electrons. The molecule has 0 aliphatic carbocycles. The lowest BCUT2D eigenvalue weighted by atomic mass is 10.2. The molecule has 20 heavy (non-hydrogen) atoms. The molecule has 0 amide bonds. The van der Waals surface area contributed by atoms with E-state index >= 15 is 0 Å². The zero-order chi connectivity index (χ0) is 15.1. The van der Waals surface area contributed by atoms with Gasteiger partial charge in [-0.3, -0.25) is 10.1 Å². The highest BCUT2D eigenvalue weighted by Gasteiger charge is 2.19. The van der Waals surface area contributed by atoms with E-state index in [0.717, 1.165) is 19.5 Å². The highest BCUT2D eigenvalue weighted by molar-refractivity contribution is 6.42. The van der Waals surface area contributed by atoms with Crippen molar-refractivity contribution >= 4 is 28.9 Å². The molecule has 1 unspecified atom stereocenters. The van der Waals surface area contributed by atoms with Crippen molar-refractivity contribution in [3.8, 4) is 5.75 Å². The molecule has 0 fully saturated rings. The molecule has 0 aliphatic heterocycles. The van der Waals surface area contributed by atoms with Crippen LogP contribution >= 0.6 is 23.2 Å². The van der Waals surface area contributed by atoms with Crippen molar-refractivity contribution < 1.29 is 9.66 Å². The number of ether oxygens (including phenoxy) is 1. The Balaban J connectivity index is 2.67. The van der Waals surface area contributed by atoms with Crippen LogP contribution in [0.15, 0.2) is 12.1 Å². The first-order chi connectivity index (χ1) is 9.45. The molecule has 7 heteroatoms. The smallest absolute Gasteiger partial charge is 0.312 e. The molecule has 0 heterocycles. The van der Waals surface area contributed by atoms with E-state index in [0.29, 0.717) is 6.61 Å². The van der Waals surface area contributed by atoms with Crippen LogP contribution in [-0.4, -0.2) is 24.6 Å². The number of hydrogen-bond acceptors (Lipinski definition) is 4. The zero-order valence-electron chi connectivity index (χ0n) is 11.5. The first kappa shape index (κ1) is 17.0. The molecule has 0 saturated carbocycles. The second-order valence-corrected chi connectivity index (χ2v) is 5.43. The van der Waals surface area contributed by atoms with Gasteiger partial charge in [0.1, 0.15) is 0 Å². The molecule has 1 N–H and O–H groups in total. The Morgan fingerprint density at radius 1 is 1.40 bits per heavy atom. The Labute approximate surface area is 128 Å². The van der Waals surface area contributed by atoms with Crippen molar-refractivity contribution in [1.82, 2.24) is 5.32 Å². The molecule has 0 saturated heterocycles. The number of halogens is 2. The van der Waals surface area contributed by atoms with E-state index in [2.05, 4.69) is 12.2 Å². The number of hydrogen-bond donors (Lipinski definition) is 1. The summed E-state index contributed by atoms with van der Waals surface area (Å²) in [5, 5.41) is 14.6. The van der Waals surface area contributed by atoms with Gasteiger partial charge in [0.2, 0.25) is 0 Å². The lowest BCUT2D eigenvalue weighted by Gasteiger charge is -2.14. The molecule has 0 aliphatic rings. The number of rotatable bonds is 8. The molecule has 0 radical (unpaired) electrons. The van der Waals surface area contributed by atoms with Crippen molar-refractivity contribution in [2.45, 2.75) is 20.3 Å². The third kappa shape index (κ3) is 5.15. The van der Waals surface area contributed by atoms with Gasteiger partial charge < -0.3 is 10.1 Å². The van der Waals surface area contributed by atoms with E-state index < -0.39 is 4.92 Å². The lowest BCUT2D eigenvalue weighted by Crippen LogP contribution is -2.25. The highest BCUT2D eigenvalue weighted by Crippen LogP contribution is 2.35. The average Bonchev–Trinajstić information content (AvgIpc) is 2.39. The van der Waals surface area contributed by atoms with Crippen LogP contribution in [0, 0.1) is 16.0 Å². The third-order valence-corrected chi connectivity index (χ3v) is 3.36. The lowest BCUT2D eigenvalue weighted by molar-refractivity contribution is -0.385. The quantitative estimate of drug-likeness (QED) is 0.448. The summed E-state index contributed by atoms with van der Waals surface area (Å²) in [6, 6.07) is 2.59. The van der Waals surface area contributed by atoms with Gasteiger partial charge in [-0.1, -0.05) is 37.0 Å². The molecule has 0 aromatic heterocycles. The van der Waals surface area contributed by atoms with E-state index in [-0.39, 0.29) is 27.4 Å². The molecular formula is C13H18Cl2N2O3. The Hall–Kier alpha value is -1.04. The second-order valence-electron chi connectivity index (χ2n) is 4.61. The maximum Gasteiger partial charge on any atom is 0.312 e. The van der Waals surface area contributed by atoms with Crippen LogP contribution in [-0.2, 0) is 0 Å². The topological polar surface area (TPSA) is 64.4 Å². The minimum absolute atomic E-state index is 0.142. The van der Waals surface area contributed by atoms with Crippen LogP contribution < -0.4 is 10.1 Å². The summed E-state index contributed by atoms with van der Waals surface area (Å²) in [5.41, 5.74) is -0.173. The number of nitrogens with one attached hydrogen (secondary N) is 1. The summed E-state index contributed by atoms with van der Waals surface area (Å²) in [6.45, 7) is 6.20. The van der Waals surface area contributed by atoms with Gasteiger partial charge in [0.25, 0.3) is 0 Å². The summed E-state index contributed by atoms with van der Waals surface area (Å²) in [7, 11) is 0. The molecule has 1 atom stereocenters.